The molecule has 0 amide bonds. The van der Waals surface area contributed by atoms with Gasteiger partial charge in [-0.3, -0.25) is 4.90 Å². The molecule has 1 fully saturated rings. The molecule has 100 valence electrons. The molecule has 0 atom stereocenters. The summed E-state index contributed by atoms with van der Waals surface area (Å²) in [6, 6.07) is 6.15. The fourth-order valence-corrected chi connectivity index (χ4v) is 2.19. The van der Waals surface area contributed by atoms with Crippen LogP contribution in [-0.2, 0) is 4.74 Å². The summed E-state index contributed by atoms with van der Waals surface area (Å²) in [4.78, 5) is 2.37. The molecular formula is C14H20FNO2. The lowest BCUT2D eigenvalue weighted by atomic mass is 10.1. The molecule has 1 saturated heterocycles. The van der Waals surface area contributed by atoms with Crippen LogP contribution in [0.1, 0.15) is 12.8 Å². The maximum absolute atomic E-state index is 12.7. The Kier molecular flexibility index (Phi) is 4.96. The number of halogens is 1. The molecular weight excluding hydrogens is 233 g/mol. The van der Waals surface area contributed by atoms with Crippen molar-refractivity contribution in [2.45, 2.75) is 18.9 Å². The van der Waals surface area contributed by atoms with Crippen molar-refractivity contribution in [1.29, 1.82) is 0 Å². The third kappa shape index (κ3) is 3.96. The van der Waals surface area contributed by atoms with Crippen LogP contribution in [0, 0.1) is 5.82 Å². The summed E-state index contributed by atoms with van der Waals surface area (Å²) in [6.07, 6.45) is 2.60. The Labute approximate surface area is 107 Å². The lowest BCUT2D eigenvalue weighted by Crippen LogP contribution is -2.38. The Hall–Kier alpha value is -1.13. The highest BCUT2D eigenvalue weighted by Crippen LogP contribution is 2.14. The number of ether oxygens (including phenoxy) is 2. The Morgan fingerprint density at radius 2 is 1.89 bits per heavy atom. The zero-order valence-electron chi connectivity index (χ0n) is 10.8. The molecule has 4 heteroatoms. The van der Waals surface area contributed by atoms with Crippen LogP contribution >= 0.6 is 0 Å². The molecule has 1 heterocycles. The van der Waals surface area contributed by atoms with Crippen molar-refractivity contribution in [2.24, 2.45) is 0 Å². The summed E-state index contributed by atoms with van der Waals surface area (Å²) in [6.45, 7) is 3.67. The summed E-state index contributed by atoms with van der Waals surface area (Å²) < 4.78 is 23.6. The average Bonchev–Trinajstić information content (AvgIpc) is 2.42. The van der Waals surface area contributed by atoms with Gasteiger partial charge in [0.15, 0.2) is 0 Å². The highest BCUT2D eigenvalue weighted by molar-refractivity contribution is 5.21. The van der Waals surface area contributed by atoms with Crippen LogP contribution in [0.3, 0.4) is 0 Å². The van der Waals surface area contributed by atoms with E-state index in [1.54, 1.807) is 19.2 Å². The van der Waals surface area contributed by atoms with Crippen molar-refractivity contribution < 1.29 is 13.9 Å². The van der Waals surface area contributed by atoms with Gasteiger partial charge >= 0.3 is 0 Å². The number of piperidine rings is 1. The number of hydrogen-bond acceptors (Lipinski definition) is 3. The van der Waals surface area contributed by atoms with E-state index in [1.165, 1.54) is 12.1 Å². The topological polar surface area (TPSA) is 21.7 Å². The monoisotopic (exact) mass is 253 g/mol. The molecule has 0 spiro atoms. The normalized spacial score (nSPS) is 17.9. The Morgan fingerprint density at radius 3 is 2.50 bits per heavy atom. The van der Waals surface area contributed by atoms with Crippen molar-refractivity contribution in [3.8, 4) is 5.75 Å². The van der Waals surface area contributed by atoms with E-state index in [4.69, 9.17) is 9.47 Å². The van der Waals surface area contributed by atoms with Crippen LogP contribution in [0.5, 0.6) is 5.75 Å². The second-order valence-electron chi connectivity index (χ2n) is 4.58. The van der Waals surface area contributed by atoms with E-state index in [2.05, 4.69) is 4.90 Å². The van der Waals surface area contributed by atoms with E-state index in [1.807, 2.05) is 0 Å². The zero-order valence-corrected chi connectivity index (χ0v) is 10.8. The number of hydrogen-bond donors (Lipinski definition) is 0. The highest BCUT2D eigenvalue weighted by atomic mass is 19.1. The second-order valence-corrected chi connectivity index (χ2v) is 4.58. The van der Waals surface area contributed by atoms with E-state index in [9.17, 15) is 4.39 Å². The van der Waals surface area contributed by atoms with Gasteiger partial charge in [-0.15, -0.1) is 0 Å². The Morgan fingerprint density at radius 1 is 1.22 bits per heavy atom. The zero-order chi connectivity index (χ0) is 12.8. The van der Waals surface area contributed by atoms with Gasteiger partial charge in [0.25, 0.3) is 0 Å². The van der Waals surface area contributed by atoms with Crippen molar-refractivity contribution in [3.05, 3.63) is 30.1 Å². The number of methoxy groups -OCH3 is 1. The van der Waals surface area contributed by atoms with E-state index in [-0.39, 0.29) is 5.82 Å². The molecule has 3 nitrogen and oxygen atoms in total. The van der Waals surface area contributed by atoms with Gasteiger partial charge < -0.3 is 9.47 Å². The quantitative estimate of drug-likeness (QED) is 0.804. The van der Waals surface area contributed by atoms with Gasteiger partial charge in [-0.2, -0.15) is 0 Å². The lowest BCUT2D eigenvalue weighted by molar-refractivity contribution is 0.0375. The van der Waals surface area contributed by atoms with E-state index in [0.717, 1.165) is 38.2 Å². The molecule has 0 radical (unpaired) electrons. The van der Waals surface area contributed by atoms with Crippen molar-refractivity contribution >= 4 is 0 Å². The number of rotatable bonds is 5. The minimum atomic E-state index is -0.232. The van der Waals surface area contributed by atoms with Gasteiger partial charge in [-0.05, 0) is 37.1 Å². The predicted molar refractivity (Wildman–Crippen MR) is 68.4 cm³/mol. The maximum atomic E-state index is 12.7. The molecule has 1 aliphatic heterocycles. The first-order valence-electron chi connectivity index (χ1n) is 6.41. The van der Waals surface area contributed by atoms with Crippen molar-refractivity contribution in [2.75, 3.05) is 33.4 Å². The van der Waals surface area contributed by atoms with E-state index < -0.39 is 0 Å². The molecule has 2 rings (SSSR count). The smallest absolute Gasteiger partial charge is 0.123 e. The minimum Gasteiger partial charge on any atom is -0.492 e. The third-order valence-corrected chi connectivity index (χ3v) is 3.36. The van der Waals surface area contributed by atoms with Crippen LogP contribution in [0.2, 0.25) is 0 Å². The minimum absolute atomic E-state index is 0.232. The molecule has 0 bridgehead atoms. The van der Waals surface area contributed by atoms with Gasteiger partial charge in [-0.1, -0.05) is 0 Å². The summed E-state index contributed by atoms with van der Waals surface area (Å²) in [5.74, 6) is 0.493. The Bertz CT molecular complexity index is 347. The van der Waals surface area contributed by atoms with Gasteiger partial charge in [-0.25, -0.2) is 4.39 Å². The van der Waals surface area contributed by atoms with E-state index in [0.29, 0.717) is 12.7 Å². The molecule has 1 aliphatic rings. The van der Waals surface area contributed by atoms with Crippen LogP contribution < -0.4 is 4.74 Å². The van der Waals surface area contributed by atoms with E-state index >= 15 is 0 Å². The standard InChI is InChI=1S/C14H20FNO2/c1-17-13-6-8-16(9-7-13)10-11-18-14-4-2-12(15)3-5-14/h2-5,13H,6-11H2,1H3. The molecule has 0 saturated carbocycles. The van der Waals surface area contributed by atoms with Crippen LogP contribution in [-0.4, -0.2) is 44.4 Å². The third-order valence-electron chi connectivity index (χ3n) is 3.36. The van der Waals surface area contributed by atoms with Gasteiger partial charge in [0.05, 0.1) is 6.10 Å². The van der Waals surface area contributed by atoms with Crippen molar-refractivity contribution in [3.63, 3.8) is 0 Å². The summed E-state index contributed by atoms with van der Waals surface area (Å²) in [5, 5.41) is 0. The number of likely N-dealkylation sites (tertiary alicyclic amines) is 1. The fraction of sp³-hybridized carbons (Fsp3) is 0.571. The summed E-state index contributed by atoms with van der Waals surface area (Å²) >= 11 is 0. The fourth-order valence-electron chi connectivity index (χ4n) is 2.19. The Balaban J connectivity index is 1.65. The lowest BCUT2D eigenvalue weighted by Gasteiger charge is -2.30. The first kappa shape index (κ1) is 13.3. The number of nitrogens with zero attached hydrogens (tertiary/aromatic N) is 1. The largest absolute Gasteiger partial charge is 0.492 e. The summed E-state index contributed by atoms with van der Waals surface area (Å²) in [5.41, 5.74) is 0. The second kappa shape index (κ2) is 6.71. The molecule has 1 aromatic carbocycles. The first-order valence-corrected chi connectivity index (χ1v) is 6.41. The van der Waals surface area contributed by atoms with Crippen LogP contribution in [0.25, 0.3) is 0 Å². The maximum Gasteiger partial charge on any atom is 0.123 e. The molecule has 0 aromatic heterocycles. The van der Waals surface area contributed by atoms with Gasteiger partial charge in [0.2, 0.25) is 0 Å². The molecule has 0 aliphatic carbocycles. The van der Waals surface area contributed by atoms with Gasteiger partial charge in [0.1, 0.15) is 18.2 Å². The SMILES string of the molecule is COC1CCN(CCOc2ccc(F)cc2)CC1. The number of benzene rings is 1. The highest BCUT2D eigenvalue weighted by Gasteiger charge is 2.17. The molecule has 0 N–H and O–H groups in total. The first-order chi connectivity index (χ1) is 8.78. The van der Waals surface area contributed by atoms with Crippen LogP contribution in [0.15, 0.2) is 24.3 Å². The summed E-state index contributed by atoms with van der Waals surface area (Å²) in [7, 11) is 1.78. The molecule has 0 unspecified atom stereocenters. The molecule has 18 heavy (non-hydrogen) atoms. The molecule has 1 aromatic rings. The van der Waals surface area contributed by atoms with Crippen molar-refractivity contribution in [1.82, 2.24) is 4.90 Å². The van der Waals surface area contributed by atoms with Gasteiger partial charge in [0, 0.05) is 26.7 Å². The predicted octanol–water partition coefficient (Wildman–Crippen LogP) is 2.32. The average molecular weight is 253 g/mol. The van der Waals surface area contributed by atoms with Crippen LogP contribution in [0.4, 0.5) is 4.39 Å².